The van der Waals surface area contributed by atoms with Crippen molar-refractivity contribution in [1.82, 2.24) is 5.32 Å². The minimum absolute atomic E-state index is 0.243. The summed E-state index contributed by atoms with van der Waals surface area (Å²) in [6.07, 6.45) is 9.16. The van der Waals surface area contributed by atoms with Gasteiger partial charge in [0.05, 0.1) is 0 Å². The summed E-state index contributed by atoms with van der Waals surface area (Å²) in [7, 11) is 0. The summed E-state index contributed by atoms with van der Waals surface area (Å²) in [6.45, 7) is 2.24. The van der Waals surface area contributed by atoms with Crippen LogP contribution >= 0.6 is 0 Å². The Morgan fingerprint density at radius 2 is 2.16 bits per heavy atom. The van der Waals surface area contributed by atoms with Gasteiger partial charge in [-0.05, 0) is 31.9 Å². The van der Waals surface area contributed by atoms with E-state index in [0.29, 0.717) is 12.0 Å². The third kappa shape index (κ3) is 1.02. The molecule has 1 aromatic carbocycles. The second-order valence-corrected chi connectivity index (χ2v) is 6.65. The lowest BCUT2D eigenvalue weighted by Crippen LogP contribution is -2.66. The number of rotatable bonds is 0. The quantitative estimate of drug-likeness (QED) is 0.718. The number of fused-ring (bicyclic) bond motifs is 2. The van der Waals surface area contributed by atoms with Crippen LogP contribution < -0.4 is 10.1 Å². The molecule has 98 valence electrons. The normalized spacial score (nSPS) is 45.3. The summed E-state index contributed by atoms with van der Waals surface area (Å²) >= 11 is 0. The lowest BCUT2D eigenvalue weighted by atomic mass is 9.45. The van der Waals surface area contributed by atoms with Crippen LogP contribution in [0.15, 0.2) is 36.4 Å². The third-order valence-electron chi connectivity index (χ3n) is 6.11. The van der Waals surface area contributed by atoms with Crippen molar-refractivity contribution in [1.29, 1.82) is 0 Å². The molecule has 0 radical (unpaired) electrons. The Morgan fingerprint density at radius 3 is 3.05 bits per heavy atom. The Morgan fingerprint density at radius 1 is 1.21 bits per heavy atom. The third-order valence-corrected chi connectivity index (χ3v) is 6.11. The monoisotopic (exact) mass is 253 g/mol. The predicted molar refractivity (Wildman–Crippen MR) is 74.3 cm³/mol. The summed E-state index contributed by atoms with van der Waals surface area (Å²) in [5.74, 6) is 1.77. The maximum Gasteiger partial charge on any atom is 0.123 e. The summed E-state index contributed by atoms with van der Waals surface area (Å²) < 4.78 is 6.42. The Labute approximate surface area is 113 Å². The molecule has 3 aliphatic carbocycles. The molecule has 2 aliphatic heterocycles. The van der Waals surface area contributed by atoms with Crippen LogP contribution in [0, 0.1) is 11.3 Å². The Kier molecular flexibility index (Phi) is 1.79. The van der Waals surface area contributed by atoms with E-state index in [-0.39, 0.29) is 10.8 Å². The van der Waals surface area contributed by atoms with Crippen LogP contribution in [0.2, 0.25) is 0 Å². The topological polar surface area (TPSA) is 21.3 Å². The van der Waals surface area contributed by atoms with Gasteiger partial charge in [-0.15, -0.1) is 0 Å². The zero-order chi connectivity index (χ0) is 12.5. The highest BCUT2D eigenvalue weighted by molar-refractivity contribution is 5.52. The first-order chi connectivity index (χ1) is 9.36. The van der Waals surface area contributed by atoms with Crippen LogP contribution in [-0.2, 0) is 5.41 Å². The van der Waals surface area contributed by atoms with E-state index >= 15 is 0 Å². The molecule has 2 bridgehead atoms. The molecule has 1 aromatic rings. The largest absolute Gasteiger partial charge is 0.489 e. The van der Waals surface area contributed by atoms with Crippen molar-refractivity contribution in [3.63, 3.8) is 0 Å². The fourth-order valence-electron chi connectivity index (χ4n) is 5.30. The van der Waals surface area contributed by atoms with Gasteiger partial charge in [0.2, 0.25) is 0 Å². The number of piperidine rings is 1. The molecule has 4 atom stereocenters. The molecule has 2 heteroatoms. The number of hydrogen-bond acceptors (Lipinski definition) is 2. The SMILES string of the molecule is C1=CC23CCC1C1Oc4ccccc4C12CCNC3. The van der Waals surface area contributed by atoms with Gasteiger partial charge in [0, 0.05) is 28.9 Å². The second-order valence-electron chi connectivity index (χ2n) is 6.65. The van der Waals surface area contributed by atoms with E-state index in [0.717, 1.165) is 18.8 Å². The fourth-order valence-corrected chi connectivity index (χ4v) is 5.30. The molecule has 5 aliphatic rings. The predicted octanol–water partition coefficient (Wildman–Crippen LogP) is 2.64. The summed E-state index contributed by atoms with van der Waals surface area (Å²) in [4.78, 5) is 0. The summed E-state index contributed by atoms with van der Waals surface area (Å²) in [6, 6.07) is 8.77. The van der Waals surface area contributed by atoms with Gasteiger partial charge in [-0.2, -0.15) is 0 Å². The fraction of sp³-hybridized carbons (Fsp3) is 0.529. The Bertz CT molecular complexity index is 580. The molecule has 2 heterocycles. The standard InChI is InChI=1S/C17H19NO/c1-2-4-14-13(3-1)17-9-10-18-11-16(17)7-5-12(6-8-16)15(17)19-14/h1-5,7,12,15,18H,6,8-11H2. The number of benzene rings is 1. The van der Waals surface area contributed by atoms with Crippen molar-refractivity contribution < 1.29 is 4.74 Å². The van der Waals surface area contributed by atoms with E-state index < -0.39 is 0 Å². The maximum absolute atomic E-state index is 6.42. The summed E-state index contributed by atoms with van der Waals surface area (Å²) in [5.41, 5.74) is 2.01. The molecule has 19 heavy (non-hydrogen) atoms. The van der Waals surface area contributed by atoms with Crippen LogP contribution in [0.1, 0.15) is 24.8 Å². The van der Waals surface area contributed by atoms with E-state index in [1.807, 2.05) is 0 Å². The van der Waals surface area contributed by atoms with Crippen molar-refractivity contribution in [3.05, 3.63) is 42.0 Å². The molecule has 0 aromatic heterocycles. The van der Waals surface area contributed by atoms with Crippen LogP contribution in [0.5, 0.6) is 5.75 Å². The van der Waals surface area contributed by atoms with E-state index in [2.05, 4.69) is 41.7 Å². The molecule has 1 saturated heterocycles. The van der Waals surface area contributed by atoms with Crippen molar-refractivity contribution in [2.45, 2.75) is 30.8 Å². The first-order valence-electron chi connectivity index (χ1n) is 7.52. The number of hydrogen-bond donors (Lipinski definition) is 1. The van der Waals surface area contributed by atoms with Gasteiger partial charge in [-0.3, -0.25) is 0 Å². The van der Waals surface area contributed by atoms with E-state index in [9.17, 15) is 0 Å². The average Bonchev–Trinajstić information content (AvgIpc) is 2.83. The molecule has 0 amide bonds. The molecular formula is C17H19NO. The minimum Gasteiger partial charge on any atom is -0.489 e. The molecule has 2 nitrogen and oxygen atoms in total. The van der Waals surface area contributed by atoms with Crippen LogP contribution in [-0.4, -0.2) is 19.2 Å². The lowest BCUT2D eigenvalue weighted by Gasteiger charge is -2.60. The smallest absolute Gasteiger partial charge is 0.123 e. The maximum atomic E-state index is 6.42. The van der Waals surface area contributed by atoms with E-state index in [4.69, 9.17) is 4.74 Å². The molecular weight excluding hydrogens is 234 g/mol. The molecule has 2 spiro atoms. The van der Waals surface area contributed by atoms with E-state index in [1.165, 1.54) is 24.8 Å². The minimum atomic E-state index is 0.243. The van der Waals surface area contributed by atoms with Gasteiger partial charge >= 0.3 is 0 Å². The van der Waals surface area contributed by atoms with Gasteiger partial charge in [0.25, 0.3) is 0 Å². The molecule has 6 rings (SSSR count). The van der Waals surface area contributed by atoms with Gasteiger partial charge in [-0.25, -0.2) is 0 Å². The first kappa shape index (κ1) is 10.5. The van der Waals surface area contributed by atoms with E-state index in [1.54, 1.807) is 0 Å². The molecule has 1 saturated carbocycles. The van der Waals surface area contributed by atoms with Gasteiger partial charge in [0.15, 0.2) is 0 Å². The Balaban J connectivity index is 1.81. The lowest BCUT2D eigenvalue weighted by molar-refractivity contribution is -0.0471. The van der Waals surface area contributed by atoms with Gasteiger partial charge < -0.3 is 10.1 Å². The van der Waals surface area contributed by atoms with Gasteiger partial charge in [0.1, 0.15) is 11.9 Å². The van der Waals surface area contributed by atoms with Crippen molar-refractivity contribution >= 4 is 0 Å². The molecule has 4 unspecified atom stereocenters. The van der Waals surface area contributed by atoms with Gasteiger partial charge in [-0.1, -0.05) is 30.4 Å². The average molecular weight is 253 g/mol. The summed E-state index contributed by atoms with van der Waals surface area (Å²) in [5, 5.41) is 3.63. The number of ether oxygens (including phenoxy) is 1. The van der Waals surface area contributed by atoms with Crippen LogP contribution in [0.4, 0.5) is 0 Å². The highest BCUT2D eigenvalue weighted by Crippen LogP contribution is 2.65. The highest BCUT2D eigenvalue weighted by atomic mass is 16.5. The highest BCUT2D eigenvalue weighted by Gasteiger charge is 2.66. The zero-order valence-electron chi connectivity index (χ0n) is 11.1. The van der Waals surface area contributed by atoms with Crippen molar-refractivity contribution in [2.75, 3.05) is 13.1 Å². The first-order valence-corrected chi connectivity index (χ1v) is 7.52. The molecule has 1 N–H and O–H groups in total. The van der Waals surface area contributed by atoms with Crippen molar-refractivity contribution in [2.24, 2.45) is 11.3 Å². The number of para-hydroxylation sites is 1. The Hall–Kier alpha value is -1.28. The second kappa shape index (κ2) is 3.24. The molecule has 2 fully saturated rings. The van der Waals surface area contributed by atoms with Crippen LogP contribution in [0.3, 0.4) is 0 Å². The van der Waals surface area contributed by atoms with Crippen LogP contribution in [0.25, 0.3) is 0 Å². The number of nitrogens with one attached hydrogen (secondary N) is 1. The van der Waals surface area contributed by atoms with Crippen molar-refractivity contribution in [3.8, 4) is 5.75 Å². The zero-order valence-corrected chi connectivity index (χ0v) is 11.1.